The van der Waals surface area contributed by atoms with Crippen LogP contribution in [0.1, 0.15) is 31.0 Å². The van der Waals surface area contributed by atoms with Gasteiger partial charge in [-0.3, -0.25) is 9.59 Å². The summed E-state index contributed by atoms with van der Waals surface area (Å²) in [4.78, 5) is 31.9. The summed E-state index contributed by atoms with van der Waals surface area (Å²) in [6.07, 6.45) is 3.66. The first-order chi connectivity index (χ1) is 12.5. The van der Waals surface area contributed by atoms with Crippen LogP contribution in [-0.4, -0.2) is 28.2 Å². The summed E-state index contributed by atoms with van der Waals surface area (Å²) in [6, 6.07) is 5.05. The molecule has 1 atom stereocenters. The van der Waals surface area contributed by atoms with E-state index in [0.29, 0.717) is 21.6 Å². The minimum Gasteiger partial charge on any atom is -0.495 e. The molecule has 3 rings (SSSR count). The zero-order valence-electron chi connectivity index (χ0n) is 14.6. The molecule has 1 aliphatic rings. The first-order valence-corrected chi connectivity index (χ1v) is 9.67. The summed E-state index contributed by atoms with van der Waals surface area (Å²) in [5.74, 6) is 0.347. The lowest BCUT2D eigenvalue weighted by Crippen LogP contribution is -2.25. The van der Waals surface area contributed by atoms with E-state index in [4.69, 9.17) is 16.3 Å². The third kappa shape index (κ3) is 4.22. The van der Waals surface area contributed by atoms with Crippen LogP contribution in [0.4, 0.5) is 5.69 Å². The molecule has 2 N–H and O–H groups in total. The molecule has 0 radical (unpaired) electrons. The van der Waals surface area contributed by atoms with Crippen molar-refractivity contribution >= 4 is 35.0 Å². The molecule has 1 unspecified atom stereocenters. The first-order valence-electron chi connectivity index (χ1n) is 8.41. The van der Waals surface area contributed by atoms with Gasteiger partial charge >= 0.3 is 0 Å². The van der Waals surface area contributed by atoms with E-state index in [-0.39, 0.29) is 11.5 Å². The molecule has 1 amide bonds. The highest BCUT2D eigenvalue weighted by atomic mass is 35.5. The van der Waals surface area contributed by atoms with Crippen LogP contribution in [0.25, 0.3) is 0 Å². The molecule has 0 saturated heterocycles. The maximum absolute atomic E-state index is 12.4. The smallest absolute Gasteiger partial charge is 0.254 e. The van der Waals surface area contributed by atoms with E-state index < -0.39 is 5.25 Å². The number of methoxy groups -OCH3 is 1. The Morgan fingerprint density at radius 3 is 2.88 bits per heavy atom. The largest absolute Gasteiger partial charge is 0.495 e. The van der Waals surface area contributed by atoms with Gasteiger partial charge in [0.15, 0.2) is 5.16 Å². The van der Waals surface area contributed by atoms with Gasteiger partial charge in [-0.2, -0.15) is 0 Å². The fourth-order valence-electron chi connectivity index (χ4n) is 2.85. The zero-order valence-corrected chi connectivity index (χ0v) is 16.2. The van der Waals surface area contributed by atoms with Crippen LogP contribution in [0.5, 0.6) is 5.75 Å². The van der Waals surface area contributed by atoms with Crippen molar-refractivity contribution in [1.29, 1.82) is 0 Å². The Bertz CT molecular complexity index is 884. The third-order valence-corrected chi connectivity index (χ3v) is 5.53. The fourth-order valence-corrected chi connectivity index (χ4v) is 3.92. The predicted octanol–water partition coefficient (Wildman–Crippen LogP) is 3.43. The lowest BCUT2D eigenvalue weighted by molar-refractivity contribution is -0.115. The van der Waals surface area contributed by atoms with Crippen molar-refractivity contribution in [3.05, 3.63) is 44.8 Å². The number of halogens is 1. The number of thioether (sulfide) groups is 1. The van der Waals surface area contributed by atoms with Crippen molar-refractivity contribution in [2.45, 2.75) is 43.0 Å². The molecule has 1 aromatic carbocycles. The van der Waals surface area contributed by atoms with Crippen molar-refractivity contribution < 1.29 is 9.53 Å². The number of hydrogen-bond donors (Lipinski definition) is 2. The van der Waals surface area contributed by atoms with E-state index in [2.05, 4.69) is 15.3 Å². The quantitative estimate of drug-likeness (QED) is 0.600. The molecule has 0 aliphatic heterocycles. The molecule has 26 heavy (non-hydrogen) atoms. The number of aromatic nitrogens is 2. The molecule has 0 bridgehead atoms. The molecule has 8 heteroatoms. The molecule has 1 aromatic heterocycles. The number of nitrogens with one attached hydrogen (secondary N) is 2. The highest BCUT2D eigenvalue weighted by Crippen LogP contribution is 2.28. The summed E-state index contributed by atoms with van der Waals surface area (Å²) < 4.78 is 5.10. The second kappa shape index (κ2) is 8.14. The highest BCUT2D eigenvalue weighted by molar-refractivity contribution is 8.00. The van der Waals surface area contributed by atoms with Crippen LogP contribution in [0.15, 0.2) is 28.2 Å². The van der Waals surface area contributed by atoms with Crippen molar-refractivity contribution in [3.8, 4) is 5.75 Å². The van der Waals surface area contributed by atoms with Gasteiger partial charge in [-0.05, 0) is 50.8 Å². The normalized spacial score (nSPS) is 14.4. The molecule has 2 aromatic rings. The number of hydrogen-bond acceptors (Lipinski definition) is 5. The maximum atomic E-state index is 12.4. The van der Waals surface area contributed by atoms with Crippen LogP contribution in [0, 0.1) is 0 Å². The lowest BCUT2D eigenvalue weighted by atomic mass is 9.97. The van der Waals surface area contributed by atoms with Crippen molar-refractivity contribution in [2.24, 2.45) is 0 Å². The lowest BCUT2D eigenvalue weighted by Gasteiger charge is -2.16. The summed E-state index contributed by atoms with van der Waals surface area (Å²) in [6.45, 7) is 1.77. The monoisotopic (exact) mass is 393 g/mol. The van der Waals surface area contributed by atoms with E-state index in [1.807, 2.05) is 0 Å². The molecule has 0 saturated carbocycles. The molecule has 1 aliphatic carbocycles. The van der Waals surface area contributed by atoms with Crippen LogP contribution in [0.2, 0.25) is 5.02 Å². The highest BCUT2D eigenvalue weighted by Gasteiger charge is 2.20. The first kappa shape index (κ1) is 18.8. The van der Waals surface area contributed by atoms with Crippen LogP contribution >= 0.6 is 23.4 Å². The van der Waals surface area contributed by atoms with Crippen molar-refractivity contribution in [3.63, 3.8) is 0 Å². The predicted molar refractivity (Wildman–Crippen MR) is 103 cm³/mol. The number of anilines is 1. The molecular formula is C18H20ClN3O3S. The van der Waals surface area contributed by atoms with Gasteiger partial charge in [0.25, 0.3) is 5.56 Å². The summed E-state index contributed by atoms with van der Waals surface area (Å²) >= 11 is 7.31. The van der Waals surface area contributed by atoms with Crippen LogP contribution in [-0.2, 0) is 17.6 Å². The molecule has 138 valence electrons. The molecular weight excluding hydrogens is 374 g/mol. The number of H-pyrrole nitrogens is 1. The van der Waals surface area contributed by atoms with Gasteiger partial charge in [-0.15, -0.1) is 0 Å². The Hall–Kier alpha value is -1.99. The average molecular weight is 394 g/mol. The Labute approximate surface area is 160 Å². The van der Waals surface area contributed by atoms with Gasteiger partial charge < -0.3 is 15.0 Å². The summed E-state index contributed by atoms with van der Waals surface area (Å²) in [7, 11) is 1.53. The second-order valence-corrected chi connectivity index (χ2v) is 7.84. The van der Waals surface area contributed by atoms with Gasteiger partial charge in [0.05, 0.1) is 23.1 Å². The van der Waals surface area contributed by atoms with E-state index in [1.165, 1.54) is 18.9 Å². The molecule has 1 heterocycles. The number of carbonyl (C=O) groups is 1. The second-order valence-electron chi connectivity index (χ2n) is 6.10. The number of aromatic amines is 1. The minimum atomic E-state index is -0.430. The number of ether oxygens (including phenoxy) is 1. The molecule has 6 nitrogen and oxygen atoms in total. The zero-order chi connectivity index (χ0) is 18.7. The van der Waals surface area contributed by atoms with E-state index in [1.54, 1.807) is 25.1 Å². The standard InChI is InChI=1S/C18H20ClN3O3S/c1-10(16(23)20-11-7-8-15(25-2)13(19)9-11)26-18-21-14-6-4-3-5-12(14)17(24)22-18/h7-10H,3-6H2,1-2H3,(H,20,23)(H,21,22,24). The van der Waals surface area contributed by atoms with E-state index in [0.717, 1.165) is 36.9 Å². The number of aryl methyl sites for hydroxylation is 1. The SMILES string of the molecule is COc1ccc(NC(=O)C(C)Sc2nc3c(c(=O)[nH]2)CCCC3)cc1Cl. The molecule has 0 spiro atoms. The topological polar surface area (TPSA) is 84.1 Å². The van der Waals surface area contributed by atoms with Gasteiger partial charge in [0, 0.05) is 11.3 Å². The number of rotatable bonds is 5. The average Bonchev–Trinajstić information content (AvgIpc) is 2.62. The summed E-state index contributed by atoms with van der Waals surface area (Å²) in [5, 5.41) is 3.28. The Morgan fingerprint density at radius 1 is 1.38 bits per heavy atom. The van der Waals surface area contributed by atoms with E-state index >= 15 is 0 Å². The maximum Gasteiger partial charge on any atom is 0.254 e. The van der Waals surface area contributed by atoms with Crippen LogP contribution in [0.3, 0.4) is 0 Å². The number of amides is 1. The van der Waals surface area contributed by atoms with Crippen molar-refractivity contribution in [1.82, 2.24) is 9.97 Å². The summed E-state index contributed by atoms with van der Waals surface area (Å²) in [5.41, 5.74) is 2.13. The van der Waals surface area contributed by atoms with Gasteiger partial charge in [0.2, 0.25) is 5.91 Å². The molecule has 0 fully saturated rings. The van der Waals surface area contributed by atoms with Crippen LogP contribution < -0.4 is 15.6 Å². The van der Waals surface area contributed by atoms with E-state index in [9.17, 15) is 9.59 Å². The van der Waals surface area contributed by atoms with Gasteiger partial charge in [-0.1, -0.05) is 23.4 Å². The Balaban J connectivity index is 1.69. The van der Waals surface area contributed by atoms with Gasteiger partial charge in [-0.25, -0.2) is 4.98 Å². The van der Waals surface area contributed by atoms with Gasteiger partial charge in [0.1, 0.15) is 5.75 Å². The number of fused-ring (bicyclic) bond motifs is 1. The third-order valence-electron chi connectivity index (χ3n) is 4.25. The number of carbonyl (C=O) groups excluding carboxylic acids is 1. The van der Waals surface area contributed by atoms with Crippen molar-refractivity contribution in [2.75, 3.05) is 12.4 Å². The minimum absolute atomic E-state index is 0.0910. The Morgan fingerprint density at radius 2 is 2.15 bits per heavy atom. The number of benzene rings is 1. The number of nitrogens with zero attached hydrogens (tertiary/aromatic N) is 1. The fraction of sp³-hybridized carbons (Fsp3) is 0.389. The Kier molecular flexibility index (Phi) is 5.88.